The zero-order valence-corrected chi connectivity index (χ0v) is 19.0. The van der Waals surface area contributed by atoms with Gasteiger partial charge < -0.3 is 32.5 Å². The first kappa shape index (κ1) is 27.6. The molecule has 8 N–H and O–H groups in total. The van der Waals surface area contributed by atoms with Crippen molar-refractivity contribution in [2.75, 3.05) is 0 Å². The Labute approximate surface area is 192 Å². The molecule has 0 saturated carbocycles. The number of nitrogens with two attached hydrogens (primary N) is 2. The van der Waals surface area contributed by atoms with Crippen LogP contribution in [0.3, 0.4) is 0 Å². The highest BCUT2D eigenvalue weighted by Crippen LogP contribution is 2.08. The first-order valence-corrected chi connectivity index (χ1v) is 10.6. The molecule has 0 spiro atoms. The molecule has 4 atom stereocenters. The van der Waals surface area contributed by atoms with E-state index in [2.05, 4.69) is 16.0 Å². The van der Waals surface area contributed by atoms with Gasteiger partial charge in [-0.15, -0.1) is 0 Å². The monoisotopic (exact) mass is 463 g/mol. The van der Waals surface area contributed by atoms with Gasteiger partial charge in [-0.2, -0.15) is 0 Å². The topological polar surface area (TPSA) is 194 Å². The SMILES string of the molecule is CC(C)CC(NC(=O)C(Cc1ccccc1)NC(=O)C(CC(N)=O)NC(=O)C(C)N)C(=O)O. The van der Waals surface area contributed by atoms with Crippen molar-refractivity contribution in [2.45, 2.75) is 64.2 Å². The molecule has 0 saturated heterocycles. The molecule has 4 amide bonds. The van der Waals surface area contributed by atoms with E-state index in [0.717, 1.165) is 0 Å². The van der Waals surface area contributed by atoms with Crippen LogP contribution in [0.15, 0.2) is 30.3 Å². The summed E-state index contributed by atoms with van der Waals surface area (Å²) in [5.41, 5.74) is 11.4. The number of rotatable bonds is 13. The summed E-state index contributed by atoms with van der Waals surface area (Å²) in [5, 5.41) is 16.8. The standard InChI is InChI=1S/C22H33N5O6/c1-12(2)9-17(22(32)33)27-20(30)15(10-14-7-5-4-6-8-14)26-21(31)16(11-18(24)28)25-19(29)13(3)23/h4-8,12-13,15-17H,9-11,23H2,1-3H3,(H2,24,28)(H,25,29)(H,26,31)(H,27,30)(H,32,33). The van der Waals surface area contributed by atoms with Crippen molar-refractivity contribution >= 4 is 29.6 Å². The minimum absolute atomic E-state index is 0.00183. The highest BCUT2D eigenvalue weighted by molar-refractivity contribution is 5.96. The van der Waals surface area contributed by atoms with Crippen molar-refractivity contribution in [3.63, 3.8) is 0 Å². The van der Waals surface area contributed by atoms with Crippen LogP contribution in [-0.2, 0) is 30.4 Å². The number of carbonyl (C=O) groups excluding carboxylic acids is 4. The first-order chi connectivity index (χ1) is 15.4. The van der Waals surface area contributed by atoms with E-state index in [1.807, 2.05) is 13.8 Å². The second kappa shape index (κ2) is 13.2. The van der Waals surface area contributed by atoms with E-state index in [-0.39, 0.29) is 18.8 Å². The largest absolute Gasteiger partial charge is 0.480 e. The van der Waals surface area contributed by atoms with E-state index < -0.39 is 60.2 Å². The van der Waals surface area contributed by atoms with Crippen LogP contribution in [0.1, 0.15) is 39.2 Å². The smallest absolute Gasteiger partial charge is 0.326 e. The lowest BCUT2D eigenvalue weighted by atomic mass is 10.0. The normalized spacial score (nSPS) is 14.5. The minimum Gasteiger partial charge on any atom is -0.480 e. The summed E-state index contributed by atoms with van der Waals surface area (Å²) in [5.74, 6) is -4.25. The fraction of sp³-hybridized carbons (Fsp3) is 0.500. The molecule has 1 aromatic carbocycles. The third-order valence-corrected chi connectivity index (χ3v) is 4.69. The van der Waals surface area contributed by atoms with Gasteiger partial charge in [-0.25, -0.2) is 4.79 Å². The molecule has 11 heteroatoms. The van der Waals surface area contributed by atoms with Crippen molar-refractivity contribution < 1.29 is 29.1 Å². The third-order valence-electron chi connectivity index (χ3n) is 4.69. The molecule has 0 aromatic heterocycles. The van der Waals surface area contributed by atoms with Crippen LogP contribution in [0.2, 0.25) is 0 Å². The maximum absolute atomic E-state index is 13.0. The van der Waals surface area contributed by atoms with Crippen LogP contribution < -0.4 is 27.4 Å². The quantitative estimate of drug-likeness (QED) is 0.217. The number of hydrogen-bond acceptors (Lipinski definition) is 6. The maximum atomic E-state index is 13.0. The van der Waals surface area contributed by atoms with Crippen molar-refractivity contribution in [3.05, 3.63) is 35.9 Å². The summed E-state index contributed by atoms with van der Waals surface area (Å²) < 4.78 is 0. The molecular weight excluding hydrogens is 430 g/mol. The molecule has 1 aromatic rings. The number of carbonyl (C=O) groups is 5. The lowest BCUT2D eigenvalue weighted by Crippen LogP contribution is -2.58. The molecule has 4 unspecified atom stereocenters. The van der Waals surface area contributed by atoms with E-state index >= 15 is 0 Å². The molecule has 0 heterocycles. The number of nitrogens with one attached hydrogen (secondary N) is 3. The summed E-state index contributed by atoms with van der Waals surface area (Å²) in [7, 11) is 0. The maximum Gasteiger partial charge on any atom is 0.326 e. The van der Waals surface area contributed by atoms with Crippen LogP contribution in [-0.4, -0.2) is 58.9 Å². The van der Waals surface area contributed by atoms with Gasteiger partial charge in [0.25, 0.3) is 0 Å². The summed E-state index contributed by atoms with van der Waals surface area (Å²) >= 11 is 0. The lowest BCUT2D eigenvalue weighted by molar-refractivity contribution is -0.143. The average Bonchev–Trinajstić information content (AvgIpc) is 2.72. The zero-order valence-electron chi connectivity index (χ0n) is 19.0. The Hall–Kier alpha value is -3.47. The van der Waals surface area contributed by atoms with Crippen LogP contribution >= 0.6 is 0 Å². The minimum atomic E-state index is -1.35. The highest BCUT2D eigenvalue weighted by atomic mass is 16.4. The van der Waals surface area contributed by atoms with E-state index in [1.54, 1.807) is 30.3 Å². The number of carboxylic acid groups (broad SMARTS) is 1. The summed E-state index contributed by atoms with van der Waals surface area (Å²) in [4.78, 5) is 60.8. The fourth-order valence-corrected chi connectivity index (χ4v) is 3.01. The van der Waals surface area contributed by atoms with Crippen LogP contribution in [0.4, 0.5) is 0 Å². The molecule has 11 nitrogen and oxygen atoms in total. The van der Waals surface area contributed by atoms with Crippen LogP contribution in [0.25, 0.3) is 0 Å². The van der Waals surface area contributed by atoms with E-state index in [4.69, 9.17) is 11.5 Å². The van der Waals surface area contributed by atoms with Gasteiger partial charge in [0.2, 0.25) is 23.6 Å². The average molecular weight is 464 g/mol. The predicted molar refractivity (Wildman–Crippen MR) is 120 cm³/mol. The second-order valence-corrected chi connectivity index (χ2v) is 8.30. The summed E-state index contributed by atoms with van der Waals surface area (Å²) in [6.45, 7) is 5.04. The lowest BCUT2D eigenvalue weighted by Gasteiger charge is -2.25. The fourth-order valence-electron chi connectivity index (χ4n) is 3.01. The van der Waals surface area contributed by atoms with Crippen LogP contribution in [0, 0.1) is 5.92 Å². The Kier molecular flexibility index (Phi) is 11.0. The van der Waals surface area contributed by atoms with E-state index in [1.165, 1.54) is 6.92 Å². The van der Waals surface area contributed by atoms with Gasteiger partial charge in [0.05, 0.1) is 12.5 Å². The molecule has 0 radical (unpaired) electrons. The highest BCUT2D eigenvalue weighted by Gasteiger charge is 2.31. The number of hydrogen-bond donors (Lipinski definition) is 6. The first-order valence-electron chi connectivity index (χ1n) is 10.6. The Bertz CT molecular complexity index is 843. The second-order valence-electron chi connectivity index (χ2n) is 8.30. The van der Waals surface area contributed by atoms with Crippen LogP contribution in [0.5, 0.6) is 0 Å². The Morgan fingerprint density at radius 2 is 1.36 bits per heavy atom. The van der Waals surface area contributed by atoms with E-state index in [9.17, 15) is 29.1 Å². The van der Waals surface area contributed by atoms with Crippen molar-refractivity contribution in [1.29, 1.82) is 0 Å². The van der Waals surface area contributed by atoms with Gasteiger partial charge in [-0.05, 0) is 24.8 Å². The summed E-state index contributed by atoms with van der Waals surface area (Å²) in [6, 6.07) is 4.17. The number of aliphatic carboxylic acids is 1. The van der Waals surface area contributed by atoms with Gasteiger partial charge in [-0.3, -0.25) is 19.2 Å². The Morgan fingerprint density at radius 1 is 0.848 bits per heavy atom. The number of primary amides is 1. The molecule has 0 aliphatic heterocycles. The number of benzene rings is 1. The molecule has 0 aliphatic carbocycles. The van der Waals surface area contributed by atoms with Gasteiger partial charge in [0.15, 0.2) is 0 Å². The molecule has 0 aliphatic rings. The van der Waals surface area contributed by atoms with Gasteiger partial charge >= 0.3 is 5.97 Å². The Morgan fingerprint density at radius 3 is 1.85 bits per heavy atom. The third kappa shape index (κ3) is 10.1. The zero-order chi connectivity index (χ0) is 25.1. The molecule has 0 bridgehead atoms. The molecule has 182 valence electrons. The molecular formula is C22H33N5O6. The predicted octanol–water partition coefficient (Wildman–Crippen LogP) is -0.963. The van der Waals surface area contributed by atoms with Gasteiger partial charge in [0, 0.05) is 6.42 Å². The van der Waals surface area contributed by atoms with Gasteiger partial charge in [0.1, 0.15) is 18.1 Å². The van der Waals surface area contributed by atoms with Crippen molar-refractivity contribution in [1.82, 2.24) is 16.0 Å². The van der Waals surface area contributed by atoms with Gasteiger partial charge in [-0.1, -0.05) is 44.2 Å². The van der Waals surface area contributed by atoms with E-state index in [0.29, 0.717) is 5.56 Å². The molecule has 0 fully saturated rings. The molecule has 33 heavy (non-hydrogen) atoms. The van der Waals surface area contributed by atoms with Crippen molar-refractivity contribution in [2.24, 2.45) is 17.4 Å². The summed E-state index contributed by atoms with van der Waals surface area (Å²) in [6.07, 6.45) is -0.256. The molecule has 1 rings (SSSR count). The Balaban J connectivity index is 3.11. The number of amides is 4. The number of carboxylic acids is 1. The van der Waals surface area contributed by atoms with Crippen molar-refractivity contribution in [3.8, 4) is 0 Å².